The van der Waals surface area contributed by atoms with E-state index in [2.05, 4.69) is 25.1 Å². The molecule has 0 amide bonds. The maximum atomic E-state index is 13.4. The smallest absolute Gasteiger partial charge is 0.394 e. The molecule has 0 aliphatic carbocycles. The summed E-state index contributed by atoms with van der Waals surface area (Å²) in [6.07, 6.45) is -4.33. The summed E-state index contributed by atoms with van der Waals surface area (Å²) < 4.78 is 48.6. The average molecular weight is 422 g/mol. The summed E-state index contributed by atoms with van der Waals surface area (Å²) in [5, 5.41) is 3.10. The summed E-state index contributed by atoms with van der Waals surface area (Å²) in [4.78, 5) is 0. The van der Waals surface area contributed by atoms with Crippen LogP contribution in [0.3, 0.4) is 0 Å². The fourth-order valence-corrected chi connectivity index (χ4v) is 4.54. The molecule has 0 radical (unpaired) electrons. The monoisotopic (exact) mass is 422 g/mol. The first-order valence-corrected chi connectivity index (χ1v) is 10.3. The van der Waals surface area contributed by atoms with E-state index in [0.717, 1.165) is 50.0 Å². The topological polar surface area (TPSA) is 13.1 Å². The molecule has 2 nitrogen and oxygen atoms in total. The minimum atomic E-state index is -4.26. The number of rotatable bonds is 2. The van der Waals surface area contributed by atoms with Crippen LogP contribution in [-0.4, -0.2) is 6.18 Å². The lowest BCUT2D eigenvalue weighted by Gasteiger charge is -2.27. The average Bonchev–Trinajstić information content (AvgIpc) is 2.69. The van der Waals surface area contributed by atoms with Gasteiger partial charge in [-0.15, -0.1) is 0 Å². The van der Waals surface area contributed by atoms with Crippen molar-refractivity contribution >= 4 is 21.7 Å². The third-order valence-corrected chi connectivity index (χ3v) is 6.40. The van der Waals surface area contributed by atoms with Gasteiger partial charge in [0.05, 0.1) is 16.4 Å². The highest BCUT2D eigenvalue weighted by molar-refractivity contribution is 6.04. The van der Waals surface area contributed by atoms with Gasteiger partial charge in [-0.1, -0.05) is 44.2 Å². The van der Waals surface area contributed by atoms with Crippen LogP contribution in [0.5, 0.6) is 11.5 Å². The van der Waals surface area contributed by atoms with Crippen LogP contribution >= 0.6 is 0 Å². The first-order valence-electron chi connectivity index (χ1n) is 10.3. The highest BCUT2D eigenvalue weighted by atomic mass is 19.4. The third kappa shape index (κ3) is 2.98. The first kappa shape index (κ1) is 19.9. The molecular formula is C26H23F3NO+. The lowest BCUT2D eigenvalue weighted by Crippen LogP contribution is -2.35. The minimum absolute atomic E-state index is 0.0720. The maximum Gasteiger partial charge on any atom is 0.394 e. The number of benzene rings is 3. The number of aromatic nitrogens is 1. The Labute approximate surface area is 178 Å². The van der Waals surface area contributed by atoms with Crippen LogP contribution in [0.4, 0.5) is 13.2 Å². The van der Waals surface area contributed by atoms with Gasteiger partial charge in [0.1, 0.15) is 12.8 Å². The van der Waals surface area contributed by atoms with E-state index in [9.17, 15) is 13.2 Å². The Bertz CT molecular complexity index is 1370. The molecule has 0 unspecified atom stereocenters. The summed E-state index contributed by atoms with van der Waals surface area (Å²) in [6, 6.07) is 17.7. The van der Waals surface area contributed by atoms with Gasteiger partial charge in [0.15, 0.2) is 5.75 Å². The molecule has 0 bridgehead atoms. The Morgan fingerprint density at radius 3 is 2.39 bits per heavy atom. The SMILES string of the molecule is Cc1ccc2cccc3c2c1-c1c(cc2ccc(CC(C)(C)C(F)(F)F)cc2[n+]1C)O3. The van der Waals surface area contributed by atoms with Crippen LogP contribution in [0.1, 0.15) is 25.0 Å². The number of aryl methyl sites for hydroxylation is 2. The van der Waals surface area contributed by atoms with E-state index in [1.165, 1.54) is 13.8 Å². The third-order valence-electron chi connectivity index (χ3n) is 6.40. The molecule has 0 N–H and O–H groups in total. The van der Waals surface area contributed by atoms with Gasteiger partial charge in [0, 0.05) is 17.5 Å². The Kier molecular flexibility index (Phi) is 4.14. The van der Waals surface area contributed by atoms with Gasteiger partial charge in [-0.3, -0.25) is 0 Å². The number of alkyl halides is 3. The molecule has 0 atom stereocenters. The summed E-state index contributed by atoms with van der Waals surface area (Å²) in [6.45, 7) is 4.57. The second kappa shape index (κ2) is 6.46. The summed E-state index contributed by atoms with van der Waals surface area (Å²) in [7, 11) is 1.95. The number of nitrogens with zero attached hydrogens (tertiary/aromatic N) is 1. The van der Waals surface area contributed by atoms with E-state index in [1.807, 2.05) is 41.9 Å². The zero-order valence-corrected chi connectivity index (χ0v) is 17.9. The molecule has 3 aromatic carbocycles. The van der Waals surface area contributed by atoms with Crippen molar-refractivity contribution in [3.05, 3.63) is 65.7 Å². The molecule has 4 aromatic rings. The molecule has 0 fully saturated rings. The fraction of sp³-hybridized carbons (Fsp3) is 0.269. The zero-order chi connectivity index (χ0) is 22.1. The number of fused-ring (bicyclic) bond motifs is 3. The Morgan fingerprint density at radius 1 is 0.903 bits per heavy atom. The van der Waals surface area contributed by atoms with Crippen molar-refractivity contribution in [1.82, 2.24) is 0 Å². The number of hydrogen-bond acceptors (Lipinski definition) is 1. The molecular weight excluding hydrogens is 399 g/mol. The number of hydrogen-bond donors (Lipinski definition) is 0. The summed E-state index contributed by atoms with van der Waals surface area (Å²) >= 11 is 0. The second-order valence-corrected chi connectivity index (χ2v) is 9.08. The molecule has 31 heavy (non-hydrogen) atoms. The Balaban J connectivity index is 1.74. The summed E-state index contributed by atoms with van der Waals surface area (Å²) in [5.41, 5.74) is 2.94. The van der Waals surface area contributed by atoms with Gasteiger partial charge in [0.25, 0.3) is 5.69 Å². The van der Waals surface area contributed by atoms with Crippen LogP contribution in [0, 0.1) is 12.3 Å². The van der Waals surface area contributed by atoms with E-state index < -0.39 is 11.6 Å². The van der Waals surface area contributed by atoms with Gasteiger partial charge in [-0.05, 0) is 42.0 Å². The number of halogens is 3. The lowest BCUT2D eigenvalue weighted by molar-refractivity contribution is -0.633. The number of ether oxygens (including phenoxy) is 1. The molecule has 2 heterocycles. The predicted molar refractivity (Wildman–Crippen MR) is 116 cm³/mol. The van der Waals surface area contributed by atoms with E-state index in [0.29, 0.717) is 5.56 Å². The second-order valence-electron chi connectivity index (χ2n) is 9.08. The van der Waals surface area contributed by atoms with Gasteiger partial charge >= 0.3 is 6.18 Å². The zero-order valence-electron chi connectivity index (χ0n) is 17.9. The van der Waals surface area contributed by atoms with E-state index >= 15 is 0 Å². The van der Waals surface area contributed by atoms with E-state index in [4.69, 9.17) is 4.74 Å². The van der Waals surface area contributed by atoms with Crippen LogP contribution in [0.2, 0.25) is 0 Å². The standard InChI is InChI=1S/C26H23F3NO/c1-15-8-10-17-6-5-7-20-23(17)22(15)24-21(31-20)13-18-11-9-16(12-19(18)30(24)4)14-25(2,3)26(27,28)29/h5-13H,14H2,1-4H3/q+1. The highest BCUT2D eigenvalue weighted by Gasteiger charge is 2.47. The molecule has 1 aliphatic heterocycles. The van der Waals surface area contributed by atoms with Crippen LogP contribution < -0.4 is 9.30 Å². The highest BCUT2D eigenvalue weighted by Crippen LogP contribution is 2.47. The Morgan fingerprint density at radius 2 is 1.65 bits per heavy atom. The van der Waals surface area contributed by atoms with Crippen molar-refractivity contribution in [2.75, 3.05) is 0 Å². The van der Waals surface area contributed by atoms with E-state index in [-0.39, 0.29) is 6.42 Å². The largest absolute Gasteiger partial charge is 0.450 e. The molecule has 0 saturated carbocycles. The predicted octanol–water partition coefficient (Wildman–Crippen LogP) is 7.03. The Hall–Kier alpha value is -3.08. The van der Waals surface area contributed by atoms with Crippen molar-refractivity contribution in [3.8, 4) is 22.8 Å². The lowest BCUT2D eigenvalue weighted by atomic mass is 9.84. The quantitative estimate of drug-likeness (QED) is 0.278. The van der Waals surface area contributed by atoms with Gasteiger partial charge in [-0.2, -0.15) is 17.7 Å². The van der Waals surface area contributed by atoms with Crippen LogP contribution in [0.25, 0.3) is 32.9 Å². The fourth-order valence-electron chi connectivity index (χ4n) is 4.54. The summed E-state index contributed by atoms with van der Waals surface area (Å²) in [5.74, 6) is 1.58. The maximum absolute atomic E-state index is 13.4. The van der Waals surface area contributed by atoms with Gasteiger partial charge in [-0.25, -0.2) is 0 Å². The normalized spacial score (nSPS) is 13.4. The van der Waals surface area contributed by atoms with Crippen molar-refractivity contribution in [3.63, 3.8) is 0 Å². The van der Waals surface area contributed by atoms with Crippen molar-refractivity contribution < 1.29 is 22.5 Å². The molecule has 1 aromatic heterocycles. The van der Waals surface area contributed by atoms with Gasteiger partial charge in [0.2, 0.25) is 5.52 Å². The van der Waals surface area contributed by atoms with Crippen LogP contribution in [0.15, 0.2) is 54.6 Å². The van der Waals surface area contributed by atoms with E-state index in [1.54, 1.807) is 6.07 Å². The van der Waals surface area contributed by atoms with Crippen molar-refractivity contribution in [2.24, 2.45) is 12.5 Å². The molecule has 5 rings (SSSR count). The molecule has 5 heteroatoms. The number of pyridine rings is 1. The van der Waals surface area contributed by atoms with Crippen molar-refractivity contribution in [1.29, 1.82) is 0 Å². The molecule has 158 valence electrons. The van der Waals surface area contributed by atoms with Crippen molar-refractivity contribution in [2.45, 2.75) is 33.4 Å². The first-order chi connectivity index (χ1) is 14.6. The van der Waals surface area contributed by atoms with Crippen LogP contribution in [-0.2, 0) is 13.5 Å². The molecule has 0 spiro atoms. The minimum Gasteiger partial charge on any atom is -0.450 e. The molecule has 1 aliphatic rings. The van der Waals surface area contributed by atoms with Gasteiger partial charge < -0.3 is 4.74 Å². The molecule has 0 saturated heterocycles.